The molecule has 1 N–H and O–H groups in total. The number of pyridine rings is 1. The molecule has 4 heterocycles. The highest BCUT2D eigenvalue weighted by Gasteiger charge is 2.22. The fourth-order valence-electron chi connectivity index (χ4n) is 4.16. The first-order valence-electron chi connectivity index (χ1n) is 10.6. The standard InChI is InChI=1S/C24H24N6O2/c1-32-22-3-2-17(12-19(22)14-30-11-9-26-16-30)13-29-10-6-20-21(15-29)27-23(28-24(20)31)18-4-7-25-8-5-18/h2-5,7-9,11-12,16H,6,10,13-15H2,1H3,(H,27,28,31). The van der Waals surface area contributed by atoms with Crippen molar-refractivity contribution in [2.45, 2.75) is 26.1 Å². The van der Waals surface area contributed by atoms with Crippen LogP contribution in [0.5, 0.6) is 5.75 Å². The Morgan fingerprint density at radius 2 is 1.97 bits per heavy atom. The monoisotopic (exact) mass is 428 g/mol. The number of aromatic nitrogens is 5. The summed E-state index contributed by atoms with van der Waals surface area (Å²) in [4.78, 5) is 30.8. The highest BCUT2D eigenvalue weighted by atomic mass is 16.5. The Hall–Kier alpha value is -3.78. The Morgan fingerprint density at radius 3 is 2.75 bits per heavy atom. The Morgan fingerprint density at radius 1 is 1.09 bits per heavy atom. The van der Waals surface area contributed by atoms with Crippen molar-refractivity contribution in [2.24, 2.45) is 0 Å². The Labute approximate surface area is 185 Å². The van der Waals surface area contributed by atoms with Crippen molar-refractivity contribution in [3.63, 3.8) is 0 Å². The maximum absolute atomic E-state index is 12.6. The lowest BCUT2D eigenvalue weighted by atomic mass is 10.0. The molecule has 5 rings (SSSR count). The normalized spacial score (nSPS) is 13.7. The molecule has 0 spiro atoms. The zero-order chi connectivity index (χ0) is 21.9. The van der Waals surface area contributed by atoms with Gasteiger partial charge >= 0.3 is 0 Å². The third-order valence-electron chi connectivity index (χ3n) is 5.77. The first-order valence-corrected chi connectivity index (χ1v) is 10.6. The van der Waals surface area contributed by atoms with E-state index in [2.05, 4.69) is 32.0 Å². The van der Waals surface area contributed by atoms with Crippen LogP contribution < -0.4 is 10.3 Å². The van der Waals surface area contributed by atoms with Crippen LogP contribution in [0.3, 0.4) is 0 Å². The number of methoxy groups -OCH3 is 1. The van der Waals surface area contributed by atoms with E-state index in [1.54, 1.807) is 32.0 Å². The van der Waals surface area contributed by atoms with Gasteiger partial charge in [-0.3, -0.25) is 14.7 Å². The molecular formula is C24H24N6O2. The Bertz CT molecular complexity index is 1270. The molecule has 32 heavy (non-hydrogen) atoms. The maximum atomic E-state index is 12.6. The molecule has 0 aliphatic carbocycles. The number of ether oxygens (including phenoxy) is 1. The van der Waals surface area contributed by atoms with Gasteiger partial charge in [0.15, 0.2) is 0 Å². The molecule has 0 saturated heterocycles. The van der Waals surface area contributed by atoms with E-state index in [0.29, 0.717) is 25.3 Å². The SMILES string of the molecule is COc1ccc(CN2CCc3c(nc(-c4ccncc4)[nH]c3=O)C2)cc1Cn1ccnc1. The first kappa shape index (κ1) is 20.1. The number of aromatic amines is 1. The number of nitrogens with zero attached hydrogens (tertiary/aromatic N) is 5. The molecular weight excluding hydrogens is 404 g/mol. The third-order valence-corrected chi connectivity index (χ3v) is 5.77. The number of H-pyrrole nitrogens is 1. The topological polar surface area (TPSA) is 88.9 Å². The largest absolute Gasteiger partial charge is 0.496 e. The zero-order valence-corrected chi connectivity index (χ0v) is 17.9. The lowest BCUT2D eigenvalue weighted by Gasteiger charge is -2.28. The van der Waals surface area contributed by atoms with E-state index in [1.807, 2.05) is 29.0 Å². The summed E-state index contributed by atoms with van der Waals surface area (Å²) in [5.41, 5.74) is 4.75. The molecule has 162 valence electrons. The van der Waals surface area contributed by atoms with Gasteiger partial charge in [0.1, 0.15) is 11.6 Å². The molecule has 1 aliphatic heterocycles. The fraction of sp³-hybridized carbons (Fsp3) is 0.250. The summed E-state index contributed by atoms with van der Waals surface area (Å²) in [6.07, 6.45) is 9.61. The van der Waals surface area contributed by atoms with Crippen LogP contribution in [0.4, 0.5) is 0 Å². The second-order valence-corrected chi connectivity index (χ2v) is 7.92. The molecule has 0 saturated carbocycles. The number of hydrogen-bond donors (Lipinski definition) is 1. The summed E-state index contributed by atoms with van der Waals surface area (Å²) >= 11 is 0. The number of hydrogen-bond acceptors (Lipinski definition) is 6. The lowest BCUT2D eigenvalue weighted by molar-refractivity contribution is 0.240. The molecule has 1 aliphatic rings. The highest BCUT2D eigenvalue weighted by Crippen LogP contribution is 2.24. The predicted octanol–water partition coefficient (Wildman–Crippen LogP) is 2.64. The fourth-order valence-corrected chi connectivity index (χ4v) is 4.16. The van der Waals surface area contributed by atoms with Gasteiger partial charge in [0, 0.05) is 61.1 Å². The van der Waals surface area contributed by atoms with Crippen molar-refractivity contribution in [1.82, 2.24) is 29.4 Å². The molecule has 0 unspecified atom stereocenters. The van der Waals surface area contributed by atoms with Gasteiger partial charge in [-0.05, 0) is 36.2 Å². The molecule has 8 heteroatoms. The van der Waals surface area contributed by atoms with Crippen LogP contribution in [-0.2, 0) is 26.1 Å². The lowest BCUT2D eigenvalue weighted by Crippen LogP contribution is -2.35. The van der Waals surface area contributed by atoms with Crippen LogP contribution in [0.1, 0.15) is 22.4 Å². The van der Waals surface area contributed by atoms with Gasteiger partial charge in [0.25, 0.3) is 5.56 Å². The van der Waals surface area contributed by atoms with Crippen LogP contribution in [0.2, 0.25) is 0 Å². The second kappa shape index (κ2) is 8.76. The van der Waals surface area contributed by atoms with Crippen LogP contribution in [0, 0.1) is 0 Å². The molecule has 4 aromatic rings. The number of nitrogens with one attached hydrogen (secondary N) is 1. The molecule has 1 aromatic carbocycles. The van der Waals surface area contributed by atoms with Crippen molar-refractivity contribution in [3.8, 4) is 17.1 Å². The van der Waals surface area contributed by atoms with Crippen molar-refractivity contribution in [2.75, 3.05) is 13.7 Å². The van der Waals surface area contributed by atoms with Crippen LogP contribution >= 0.6 is 0 Å². The van der Waals surface area contributed by atoms with Crippen LogP contribution in [-0.4, -0.2) is 43.1 Å². The summed E-state index contributed by atoms with van der Waals surface area (Å²) < 4.78 is 7.58. The van der Waals surface area contributed by atoms with Gasteiger partial charge in [-0.25, -0.2) is 9.97 Å². The predicted molar refractivity (Wildman–Crippen MR) is 120 cm³/mol. The van der Waals surface area contributed by atoms with Gasteiger partial charge < -0.3 is 14.3 Å². The van der Waals surface area contributed by atoms with Crippen molar-refractivity contribution >= 4 is 0 Å². The van der Waals surface area contributed by atoms with E-state index in [9.17, 15) is 4.79 Å². The van der Waals surface area contributed by atoms with E-state index in [-0.39, 0.29) is 5.56 Å². The summed E-state index contributed by atoms with van der Waals surface area (Å²) in [5, 5.41) is 0. The molecule has 0 atom stereocenters. The molecule has 0 bridgehead atoms. The minimum absolute atomic E-state index is 0.0477. The summed E-state index contributed by atoms with van der Waals surface area (Å²) in [7, 11) is 1.69. The maximum Gasteiger partial charge on any atom is 0.254 e. The number of fused-ring (bicyclic) bond motifs is 1. The summed E-state index contributed by atoms with van der Waals surface area (Å²) in [6, 6.07) is 10.0. The van der Waals surface area contributed by atoms with Gasteiger partial charge in [0.2, 0.25) is 0 Å². The van der Waals surface area contributed by atoms with Gasteiger partial charge in [0.05, 0.1) is 25.7 Å². The van der Waals surface area contributed by atoms with Crippen LogP contribution in [0.15, 0.2) is 66.2 Å². The minimum Gasteiger partial charge on any atom is -0.496 e. The molecule has 8 nitrogen and oxygen atoms in total. The quantitative estimate of drug-likeness (QED) is 0.508. The van der Waals surface area contributed by atoms with E-state index < -0.39 is 0 Å². The van der Waals surface area contributed by atoms with E-state index in [1.165, 1.54) is 5.56 Å². The van der Waals surface area contributed by atoms with E-state index >= 15 is 0 Å². The van der Waals surface area contributed by atoms with Crippen molar-refractivity contribution in [3.05, 3.63) is 94.2 Å². The minimum atomic E-state index is -0.0477. The number of imidazole rings is 1. The Kier molecular flexibility index (Phi) is 5.51. The summed E-state index contributed by atoms with van der Waals surface area (Å²) in [5.74, 6) is 1.45. The molecule has 0 amide bonds. The summed E-state index contributed by atoms with van der Waals surface area (Å²) in [6.45, 7) is 2.93. The third kappa shape index (κ3) is 4.17. The molecule has 3 aromatic heterocycles. The highest BCUT2D eigenvalue weighted by molar-refractivity contribution is 5.54. The van der Waals surface area contributed by atoms with Gasteiger partial charge in [-0.1, -0.05) is 6.07 Å². The van der Waals surface area contributed by atoms with Gasteiger partial charge in [-0.2, -0.15) is 0 Å². The molecule has 0 radical (unpaired) electrons. The number of benzene rings is 1. The zero-order valence-electron chi connectivity index (χ0n) is 17.9. The Balaban J connectivity index is 1.37. The smallest absolute Gasteiger partial charge is 0.254 e. The van der Waals surface area contributed by atoms with Crippen molar-refractivity contribution < 1.29 is 4.74 Å². The first-order chi connectivity index (χ1) is 15.7. The molecule has 0 fully saturated rings. The number of rotatable bonds is 6. The average molecular weight is 428 g/mol. The van der Waals surface area contributed by atoms with E-state index in [4.69, 9.17) is 9.72 Å². The van der Waals surface area contributed by atoms with Crippen molar-refractivity contribution in [1.29, 1.82) is 0 Å². The second-order valence-electron chi connectivity index (χ2n) is 7.92. The van der Waals surface area contributed by atoms with Gasteiger partial charge in [-0.15, -0.1) is 0 Å². The van der Waals surface area contributed by atoms with E-state index in [0.717, 1.165) is 41.2 Å². The van der Waals surface area contributed by atoms with Crippen LogP contribution in [0.25, 0.3) is 11.4 Å². The average Bonchev–Trinajstić information content (AvgIpc) is 3.33.